The molecular formula is C19H19NO2. The molecule has 1 unspecified atom stereocenters. The van der Waals surface area contributed by atoms with Gasteiger partial charge in [-0.05, 0) is 46.5 Å². The number of aliphatic hydroxyl groups is 2. The molecule has 0 saturated heterocycles. The van der Waals surface area contributed by atoms with Gasteiger partial charge in [-0.25, -0.2) is 0 Å². The fraction of sp³-hybridized carbons (Fsp3) is 0.263. The highest BCUT2D eigenvalue weighted by Gasteiger charge is 2.56. The van der Waals surface area contributed by atoms with Crippen molar-refractivity contribution in [2.24, 2.45) is 5.73 Å². The third-order valence-corrected chi connectivity index (χ3v) is 5.35. The van der Waals surface area contributed by atoms with Gasteiger partial charge in [-0.1, -0.05) is 48.5 Å². The van der Waals surface area contributed by atoms with E-state index in [1.54, 1.807) is 13.8 Å². The van der Waals surface area contributed by atoms with E-state index in [4.69, 9.17) is 5.73 Å². The Hall–Kier alpha value is -1.94. The summed E-state index contributed by atoms with van der Waals surface area (Å²) in [6.07, 6.45) is -0.910. The Labute approximate surface area is 129 Å². The van der Waals surface area contributed by atoms with Crippen LogP contribution >= 0.6 is 0 Å². The van der Waals surface area contributed by atoms with E-state index >= 15 is 0 Å². The number of benzene rings is 3. The van der Waals surface area contributed by atoms with Gasteiger partial charge in [0.05, 0.1) is 5.54 Å². The molecule has 3 aromatic carbocycles. The summed E-state index contributed by atoms with van der Waals surface area (Å²) in [6, 6.07) is 15.9. The number of fused-ring (bicyclic) bond motifs is 6. The first-order chi connectivity index (χ1) is 10.4. The van der Waals surface area contributed by atoms with E-state index in [1.165, 1.54) is 0 Å². The van der Waals surface area contributed by atoms with Crippen LogP contribution in [0.5, 0.6) is 0 Å². The first kappa shape index (κ1) is 13.7. The van der Waals surface area contributed by atoms with Crippen LogP contribution < -0.4 is 5.73 Å². The molecule has 1 aliphatic rings. The standard InChI is InChI=1S/C19H19NO2/c1-18(20)17(21)15-13-9-5-3-7-11(13)12-8-4-6-10-14(12)16(15)19(18,2)22/h3-10,17,21-22H,20H2,1-2H3/t17?,18-,19-/m0/s1. The summed E-state index contributed by atoms with van der Waals surface area (Å²) in [5, 5.41) is 26.0. The minimum absolute atomic E-state index is 0.749. The van der Waals surface area contributed by atoms with Gasteiger partial charge in [-0.3, -0.25) is 0 Å². The largest absolute Gasteiger partial charge is 0.386 e. The number of hydrogen-bond donors (Lipinski definition) is 3. The van der Waals surface area contributed by atoms with Crippen LogP contribution in [0.2, 0.25) is 0 Å². The van der Waals surface area contributed by atoms with Crippen LogP contribution in [0.3, 0.4) is 0 Å². The molecule has 0 radical (unpaired) electrons. The Morgan fingerprint density at radius 3 is 1.91 bits per heavy atom. The summed E-state index contributed by atoms with van der Waals surface area (Å²) in [7, 11) is 0. The number of nitrogens with two attached hydrogens (primary N) is 1. The second-order valence-corrected chi connectivity index (χ2v) is 6.64. The van der Waals surface area contributed by atoms with Crippen molar-refractivity contribution < 1.29 is 10.2 Å². The highest BCUT2D eigenvalue weighted by Crippen LogP contribution is 2.54. The fourth-order valence-electron chi connectivity index (χ4n) is 3.81. The lowest BCUT2D eigenvalue weighted by Crippen LogP contribution is -2.54. The maximum Gasteiger partial charge on any atom is 0.108 e. The van der Waals surface area contributed by atoms with E-state index < -0.39 is 17.2 Å². The summed E-state index contributed by atoms with van der Waals surface area (Å²) < 4.78 is 0. The van der Waals surface area contributed by atoms with Gasteiger partial charge in [0.25, 0.3) is 0 Å². The van der Waals surface area contributed by atoms with Crippen molar-refractivity contribution in [2.75, 3.05) is 0 Å². The van der Waals surface area contributed by atoms with Gasteiger partial charge in [0.15, 0.2) is 0 Å². The average molecular weight is 293 g/mol. The molecule has 0 aliphatic heterocycles. The molecule has 0 spiro atoms. The van der Waals surface area contributed by atoms with E-state index in [-0.39, 0.29) is 0 Å². The van der Waals surface area contributed by atoms with Crippen LogP contribution in [-0.2, 0) is 5.60 Å². The predicted octanol–water partition coefficient (Wildman–Crippen LogP) is 2.96. The highest BCUT2D eigenvalue weighted by molar-refractivity contribution is 6.11. The molecule has 0 bridgehead atoms. The molecule has 4 N–H and O–H groups in total. The van der Waals surface area contributed by atoms with Crippen molar-refractivity contribution in [2.45, 2.75) is 31.1 Å². The molecule has 0 fully saturated rings. The first-order valence-corrected chi connectivity index (χ1v) is 7.50. The second kappa shape index (κ2) is 4.07. The summed E-state index contributed by atoms with van der Waals surface area (Å²) in [5.74, 6) is 0. The molecule has 0 aromatic heterocycles. The first-order valence-electron chi connectivity index (χ1n) is 7.50. The highest BCUT2D eigenvalue weighted by atomic mass is 16.3. The number of hydrogen-bond acceptors (Lipinski definition) is 3. The van der Waals surface area contributed by atoms with Crippen LogP contribution in [0.15, 0.2) is 48.5 Å². The van der Waals surface area contributed by atoms with E-state index in [1.807, 2.05) is 48.5 Å². The van der Waals surface area contributed by atoms with Crippen molar-refractivity contribution in [1.29, 1.82) is 0 Å². The molecule has 112 valence electrons. The van der Waals surface area contributed by atoms with Crippen molar-refractivity contribution in [1.82, 2.24) is 0 Å². The third kappa shape index (κ3) is 1.41. The van der Waals surface area contributed by atoms with Crippen molar-refractivity contribution in [3.8, 4) is 0 Å². The van der Waals surface area contributed by atoms with E-state index in [9.17, 15) is 10.2 Å². The van der Waals surface area contributed by atoms with Gasteiger partial charge in [-0.15, -0.1) is 0 Å². The Morgan fingerprint density at radius 1 is 0.864 bits per heavy atom. The molecule has 3 nitrogen and oxygen atoms in total. The molecule has 3 atom stereocenters. The Morgan fingerprint density at radius 2 is 1.32 bits per heavy atom. The summed E-state index contributed by atoms with van der Waals surface area (Å²) in [4.78, 5) is 0. The zero-order valence-corrected chi connectivity index (χ0v) is 12.7. The van der Waals surface area contributed by atoms with E-state index in [0.29, 0.717) is 0 Å². The molecule has 22 heavy (non-hydrogen) atoms. The topological polar surface area (TPSA) is 66.5 Å². The summed E-state index contributed by atoms with van der Waals surface area (Å²) in [5.41, 5.74) is 5.40. The molecule has 0 saturated carbocycles. The molecule has 0 amide bonds. The predicted molar refractivity (Wildman–Crippen MR) is 88.6 cm³/mol. The Bertz CT molecular complexity index is 912. The van der Waals surface area contributed by atoms with Gasteiger partial charge in [0, 0.05) is 0 Å². The number of aliphatic hydroxyl groups excluding tert-OH is 1. The second-order valence-electron chi connectivity index (χ2n) is 6.64. The fourth-order valence-corrected chi connectivity index (χ4v) is 3.81. The normalized spacial score (nSPS) is 30.9. The van der Waals surface area contributed by atoms with Crippen LogP contribution in [0, 0.1) is 0 Å². The van der Waals surface area contributed by atoms with Gasteiger partial charge < -0.3 is 15.9 Å². The lowest BCUT2D eigenvalue weighted by atomic mass is 9.81. The monoisotopic (exact) mass is 293 g/mol. The minimum Gasteiger partial charge on any atom is -0.386 e. The van der Waals surface area contributed by atoms with Crippen LogP contribution in [-0.4, -0.2) is 15.8 Å². The van der Waals surface area contributed by atoms with Crippen molar-refractivity contribution in [3.63, 3.8) is 0 Å². The van der Waals surface area contributed by atoms with Crippen LogP contribution in [0.1, 0.15) is 31.1 Å². The smallest absolute Gasteiger partial charge is 0.108 e. The number of rotatable bonds is 0. The van der Waals surface area contributed by atoms with Crippen molar-refractivity contribution >= 4 is 21.5 Å². The lowest BCUT2D eigenvalue weighted by molar-refractivity contribution is -0.0533. The van der Waals surface area contributed by atoms with Gasteiger partial charge in [-0.2, -0.15) is 0 Å². The Kier molecular flexibility index (Phi) is 2.54. The zero-order valence-electron chi connectivity index (χ0n) is 12.7. The lowest BCUT2D eigenvalue weighted by Gasteiger charge is -2.35. The quantitative estimate of drug-likeness (QED) is 0.558. The molecule has 3 heteroatoms. The molecule has 0 heterocycles. The minimum atomic E-state index is -1.30. The maximum absolute atomic E-state index is 11.1. The third-order valence-electron chi connectivity index (χ3n) is 5.35. The maximum atomic E-state index is 11.1. The van der Waals surface area contributed by atoms with Gasteiger partial charge in [0.1, 0.15) is 11.7 Å². The SMILES string of the molecule is C[C@]1(O)c2c(c3ccccc3c3ccccc23)C(O)[C@]1(C)N. The Balaban J connectivity index is 2.32. The van der Waals surface area contributed by atoms with Crippen LogP contribution in [0.25, 0.3) is 21.5 Å². The van der Waals surface area contributed by atoms with E-state index in [0.717, 1.165) is 32.7 Å². The average Bonchev–Trinajstić information content (AvgIpc) is 2.65. The van der Waals surface area contributed by atoms with E-state index in [2.05, 4.69) is 0 Å². The summed E-state index contributed by atoms with van der Waals surface area (Å²) >= 11 is 0. The van der Waals surface area contributed by atoms with Gasteiger partial charge in [0.2, 0.25) is 0 Å². The molecule has 3 aromatic rings. The van der Waals surface area contributed by atoms with Crippen molar-refractivity contribution in [3.05, 3.63) is 59.7 Å². The molecular weight excluding hydrogens is 274 g/mol. The summed E-state index contributed by atoms with van der Waals surface area (Å²) in [6.45, 7) is 3.41. The zero-order chi connectivity index (χ0) is 15.7. The molecule has 4 rings (SSSR count). The van der Waals surface area contributed by atoms with Crippen LogP contribution in [0.4, 0.5) is 0 Å². The van der Waals surface area contributed by atoms with Gasteiger partial charge >= 0.3 is 0 Å². The molecule has 1 aliphatic carbocycles.